The van der Waals surface area contributed by atoms with Crippen molar-refractivity contribution in [2.24, 2.45) is 11.3 Å². The Kier molecular flexibility index (Phi) is 5.57. The van der Waals surface area contributed by atoms with Gasteiger partial charge in [0.25, 0.3) is 5.91 Å². The van der Waals surface area contributed by atoms with E-state index in [4.69, 9.17) is 4.74 Å². The number of hydrogen-bond donors (Lipinski definition) is 1. The molecule has 1 amide bonds. The van der Waals surface area contributed by atoms with E-state index in [0.717, 1.165) is 30.6 Å². The second kappa shape index (κ2) is 7.74. The lowest BCUT2D eigenvalue weighted by Crippen LogP contribution is -2.26. The molecule has 1 aromatic heterocycles. The Morgan fingerprint density at radius 3 is 2.63 bits per heavy atom. The van der Waals surface area contributed by atoms with E-state index >= 15 is 0 Å². The predicted octanol–water partition coefficient (Wildman–Crippen LogP) is 5.42. The Morgan fingerprint density at radius 1 is 1.33 bits per heavy atom. The largest absolute Gasteiger partial charge is 0.494 e. The molecular formula is C22H26N2O2S. The van der Waals surface area contributed by atoms with Gasteiger partial charge in [-0.25, -0.2) is 0 Å². The maximum absolute atomic E-state index is 12.6. The van der Waals surface area contributed by atoms with Gasteiger partial charge in [-0.1, -0.05) is 20.8 Å². The second-order valence-electron chi connectivity index (χ2n) is 8.04. The van der Waals surface area contributed by atoms with Crippen LogP contribution in [-0.4, -0.2) is 12.5 Å². The lowest BCUT2D eigenvalue weighted by Gasteiger charge is -2.33. The van der Waals surface area contributed by atoms with E-state index in [9.17, 15) is 10.1 Å². The van der Waals surface area contributed by atoms with Crippen LogP contribution >= 0.6 is 11.3 Å². The highest BCUT2D eigenvalue weighted by Gasteiger charge is 2.32. The van der Waals surface area contributed by atoms with Crippen LogP contribution in [0.4, 0.5) is 5.00 Å². The highest BCUT2D eigenvalue weighted by molar-refractivity contribution is 7.16. The van der Waals surface area contributed by atoms with Crippen LogP contribution in [0.2, 0.25) is 0 Å². The summed E-state index contributed by atoms with van der Waals surface area (Å²) in [6.45, 7) is 9.34. The Morgan fingerprint density at radius 2 is 2.04 bits per heavy atom. The molecule has 0 saturated heterocycles. The minimum Gasteiger partial charge on any atom is -0.494 e. The van der Waals surface area contributed by atoms with Gasteiger partial charge in [-0.05, 0) is 67.3 Å². The van der Waals surface area contributed by atoms with Gasteiger partial charge in [0.15, 0.2) is 0 Å². The van der Waals surface area contributed by atoms with Gasteiger partial charge in [0.1, 0.15) is 16.8 Å². The molecule has 3 rings (SSSR count). The standard InChI is InChI=1S/C22H26N2O2S/c1-5-26-16-9-6-14(7-10-16)20(25)24-21-18(13-23)17-11-8-15(22(2,3)4)12-19(17)27-21/h6-7,9-10,15H,5,8,11-12H2,1-4H3,(H,24,25). The number of nitriles is 1. The quantitative estimate of drug-likeness (QED) is 0.768. The van der Waals surface area contributed by atoms with E-state index in [0.29, 0.717) is 28.7 Å². The van der Waals surface area contributed by atoms with Crippen LogP contribution < -0.4 is 10.1 Å². The number of fused-ring (bicyclic) bond motifs is 1. The third-order valence-electron chi connectivity index (χ3n) is 5.26. The van der Waals surface area contributed by atoms with E-state index in [1.807, 2.05) is 6.92 Å². The highest BCUT2D eigenvalue weighted by atomic mass is 32.1. The van der Waals surface area contributed by atoms with Gasteiger partial charge >= 0.3 is 0 Å². The lowest BCUT2D eigenvalue weighted by atomic mass is 9.72. The summed E-state index contributed by atoms with van der Waals surface area (Å²) in [5, 5.41) is 13.3. The fraction of sp³-hybridized carbons (Fsp3) is 0.455. The summed E-state index contributed by atoms with van der Waals surface area (Å²) in [4.78, 5) is 13.9. The smallest absolute Gasteiger partial charge is 0.256 e. The predicted molar refractivity (Wildman–Crippen MR) is 110 cm³/mol. The van der Waals surface area contributed by atoms with Gasteiger partial charge in [-0.15, -0.1) is 11.3 Å². The molecule has 1 aliphatic rings. The fourth-order valence-corrected chi connectivity index (χ4v) is 4.85. The van der Waals surface area contributed by atoms with Crippen LogP contribution in [0, 0.1) is 22.7 Å². The summed E-state index contributed by atoms with van der Waals surface area (Å²) < 4.78 is 5.42. The molecule has 1 heterocycles. The first-order chi connectivity index (χ1) is 12.8. The number of carbonyl (C=O) groups excluding carboxylic acids is 1. The van der Waals surface area contributed by atoms with Crippen molar-refractivity contribution >= 4 is 22.2 Å². The molecule has 0 aliphatic heterocycles. The number of nitrogens with one attached hydrogen (secondary N) is 1. The van der Waals surface area contributed by atoms with E-state index in [1.165, 1.54) is 4.88 Å². The second-order valence-corrected chi connectivity index (χ2v) is 9.14. The molecule has 0 spiro atoms. The molecule has 142 valence electrons. The van der Waals surface area contributed by atoms with E-state index in [2.05, 4.69) is 32.2 Å². The molecule has 27 heavy (non-hydrogen) atoms. The molecule has 1 aliphatic carbocycles. The van der Waals surface area contributed by atoms with Crippen LogP contribution in [0.5, 0.6) is 5.75 Å². The number of ether oxygens (including phenoxy) is 1. The van der Waals surface area contributed by atoms with Gasteiger partial charge in [-0.2, -0.15) is 5.26 Å². The Labute approximate surface area is 165 Å². The summed E-state index contributed by atoms with van der Waals surface area (Å²) in [5.41, 5.74) is 2.58. The van der Waals surface area contributed by atoms with E-state index in [-0.39, 0.29) is 11.3 Å². The maximum atomic E-state index is 12.6. The number of rotatable bonds is 4. The number of anilines is 1. The molecule has 2 aromatic rings. The fourth-order valence-electron chi connectivity index (χ4n) is 3.58. The number of nitrogens with zero attached hydrogens (tertiary/aromatic N) is 1. The zero-order valence-corrected chi connectivity index (χ0v) is 17.2. The highest BCUT2D eigenvalue weighted by Crippen LogP contribution is 2.44. The van der Waals surface area contributed by atoms with Crippen molar-refractivity contribution in [1.29, 1.82) is 5.26 Å². The van der Waals surface area contributed by atoms with Crippen LogP contribution in [0.3, 0.4) is 0 Å². The van der Waals surface area contributed by atoms with Gasteiger partial charge in [0, 0.05) is 10.4 Å². The molecular weight excluding hydrogens is 356 g/mol. The van der Waals surface area contributed by atoms with Crippen LogP contribution in [0.15, 0.2) is 24.3 Å². The number of hydrogen-bond acceptors (Lipinski definition) is 4. The molecule has 0 saturated carbocycles. The van der Waals surface area contributed by atoms with E-state index in [1.54, 1.807) is 35.6 Å². The first kappa shape index (κ1) is 19.4. The molecule has 1 N–H and O–H groups in total. The lowest BCUT2D eigenvalue weighted by molar-refractivity contribution is 0.102. The van der Waals surface area contributed by atoms with Gasteiger partial charge in [0.2, 0.25) is 0 Å². The van der Waals surface area contributed by atoms with Crippen molar-refractivity contribution in [3.63, 3.8) is 0 Å². The zero-order valence-electron chi connectivity index (χ0n) is 16.4. The third kappa shape index (κ3) is 4.17. The zero-order chi connectivity index (χ0) is 19.6. The summed E-state index contributed by atoms with van der Waals surface area (Å²) in [7, 11) is 0. The topological polar surface area (TPSA) is 62.1 Å². The minimum absolute atomic E-state index is 0.194. The summed E-state index contributed by atoms with van der Waals surface area (Å²) in [5.74, 6) is 1.15. The SMILES string of the molecule is CCOc1ccc(C(=O)Nc2sc3c(c2C#N)CCC(C(C)(C)C)C3)cc1. The summed E-state index contributed by atoms with van der Waals surface area (Å²) in [6, 6.07) is 9.38. The molecule has 4 nitrogen and oxygen atoms in total. The number of carbonyl (C=O) groups is 1. The molecule has 1 atom stereocenters. The first-order valence-electron chi connectivity index (χ1n) is 9.42. The van der Waals surface area contributed by atoms with Crippen molar-refractivity contribution < 1.29 is 9.53 Å². The van der Waals surface area contributed by atoms with Crippen molar-refractivity contribution in [1.82, 2.24) is 0 Å². The molecule has 1 unspecified atom stereocenters. The third-order valence-corrected chi connectivity index (χ3v) is 6.43. The van der Waals surface area contributed by atoms with Crippen LogP contribution in [0.25, 0.3) is 0 Å². The molecule has 5 heteroatoms. The van der Waals surface area contributed by atoms with Crippen molar-refractivity contribution in [3.8, 4) is 11.8 Å². The van der Waals surface area contributed by atoms with Crippen molar-refractivity contribution in [2.75, 3.05) is 11.9 Å². The van der Waals surface area contributed by atoms with Gasteiger partial charge in [-0.3, -0.25) is 4.79 Å². The Hall–Kier alpha value is -2.32. The Bertz CT molecular complexity index is 869. The summed E-state index contributed by atoms with van der Waals surface area (Å²) >= 11 is 1.56. The van der Waals surface area contributed by atoms with Gasteiger partial charge in [0.05, 0.1) is 12.2 Å². The number of thiophene rings is 1. The van der Waals surface area contributed by atoms with E-state index < -0.39 is 0 Å². The first-order valence-corrected chi connectivity index (χ1v) is 10.2. The normalized spacial score (nSPS) is 16.3. The molecule has 0 bridgehead atoms. The average Bonchev–Trinajstić information content (AvgIpc) is 2.97. The Balaban J connectivity index is 1.80. The van der Waals surface area contributed by atoms with Crippen LogP contribution in [-0.2, 0) is 12.8 Å². The molecule has 1 aromatic carbocycles. The average molecular weight is 383 g/mol. The van der Waals surface area contributed by atoms with Gasteiger partial charge < -0.3 is 10.1 Å². The maximum Gasteiger partial charge on any atom is 0.256 e. The van der Waals surface area contributed by atoms with Crippen molar-refractivity contribution in [3.05, 3.63) is 45.8 Å². The number of amides is 1. The number of benzene rings is 1. The van der Waals surface area contributed by atoms with Crippen LogP contribution in [0.1, 0.15) is 60.5 Å². The minimum atomic E-state index is -0.194. The molecule has 0 radical (unpaired) electrons. The summed E-state index contributed by atoms with van der Waals surface area (Å²) in [6.07, 6.45) is 2.99. The monoisotopic (exact) mass is 382 g/mol. The van der Waals surface area contributed by atoms with Crippen molar-refractivity contribution in [2.45, 2.75) is 47.0 Å². The molecule has 0 fully saturated rings.